The monoisotopic (exact) mass is 418 g/mol. The van der Waals surface area contributed by atoms with E-state index in [0.29, 0.717) is 5.41 Å². The molecule has 0 unspecified atom stereocenters. The maximum atomic E-state index is 5.50. The van der Waals surface area contributed by atoms with Crippen molar-refractivity contribution in [2.24, 2.45) is 5.41 Å². The van der Waals surface area contributed by atoms with Gasteiger partial charge in [0.1, 0.15) is 5.75 Å². The minimum Gasteiger partial charge on any atom is -0.495 e. The van der Waals surface area contributed by atoms with Gasteiger partial charge in [0.25, 0.3) is 0 Å². The number of likely N-dealkylation sites (tertiary alicyclic amines) is 1. The van der Waals surface area contributed by atoms with Crippen LogP contribution in [0.3, 0.4) is 0 Å². The first-order chi connectivity index (χ1) is 9.93. The third-order valence-corrected chi connectivity index (χ3v) is 5.40. The number of hydrogen-bond donors (Lipinski definition) is 1. The quantitative estimate of drug-likeness (QED) is 0.779. The van der Waals surface area contributed by atoms with Gasteiger partial charge in [0, 0.05) is 23.1 Å². The Morgan fingerprint density at radius 1 is 1.29 bits per heavy atom. The van der Waals surface area contributed by atoms with Crippen molar-refractivity contribution in [2.45, 2.75) is 26.3 Å². The van der Waals surface area contributed by atoms with Crippen LogP contribution in [0.1, 0.15) is 25.3 Å². The number of rotatable bonds is 5. The van der Waals surface area contributed by atoms with Crippen LogP contribution in [0, 0.1) is 5.41 Å². The molecule has 0 radical (unpaired) electrons. The molecule has 118 valence electrons. The number of nitrogens with zero attached hydrogens (tertiary/aromatic N) is 1. The van der Waals surface area contributed by atoms with E-state index in [0.717, 1.165) is 27.8 Å². The zero-order valence-electron chi connectivity index (χ0n) is 13.0. The summed E-state index contributed by atoms with van der Waals surface area (Å²) in [6.45, 7) is 6.66. The van der Waals surface area contributed by atoms with Crippen LogP contribution in [-0.2, 0) is 6.54 Å². The molecular formula is C16H24Br2N2O. The van der Waals surface area contributed by atoms with Gasteiger partial charge in [-0.15, -0.1) is 0 Å². The standard InChI is InChI=1S/C16H24Br2N2O/c1-16(4-6-20(2)7-5-16)11-19-10-12-8-13(17)9-14(18)15(12)21-3/h8-9,19H,4-7,10-11H2,1-3H3. The smallest absolute Gasteiger partial charge is 0.137 e. The van der Waals surface area contributed by atoms with Crippen LogP contribution in [-0.4, -0.2) is 38.7 Å². The Hall–Kier alpha value is -0.100. The molecule has 2 rings (SSSR count). The molecular weight excluding hydrogens is 396 g/mol. The summed E-state index contributed by atoms with van der Waals surface area (Å²) in [4.78, 5) is 2.41. The van der Waals surface area contributed by atoms with Gasteiger partial charge in [-0.3, -0.25) is 0 Å². The highest BCUT2D eigenvalue weighted by molar-refractivity contribution is 9.11. The van der Waals surface area contributed by atoms with Crippen molar-refractivity contribution in [1.29, 1.82) is 0 Å². The molecule has 1 aliphatic heterocycles. The summed E-state index contributed by atoms with van der Waals surface area (Å²) in [6.07, 6.45) is 2.52. The Morgan fingerprint density at radius 3 is 2.57 bits per heavy atom. The summed E-state index contributed by atoms with van der Waals surface area (Å²) >= 11 is 7.10. The van der Waals surface area contributed by atoms with E-state index in [1.807, 2.05) is 6.07 Å². The van der Waals surface area contributed by atoms with Crippen LogP contribution in [0.4, 0.5) is 0 Å². The summed E-state index contributed by atoms with van der Waals surface area (Å²) in [5.74, 6) is 0.916. The maximum absolute atomic E-state index is 5.50. The van der Waals surface area contributed by atoms with Gasteiger partial charge in [-0.25, -0.2) is 0 Å². The second kappa shape index (κ2) is 7.44. The first kappa shape index (κ1) is 17.3. The minimum atomic E-state index is 0.406. The molecule has 0 aromatic heterocycles. The van der Waals surface area contributed by atoms with E-state index in [9.17, 15) is 0 Å². The summed E-state index contributed by atoms with van der Waals surface area (Å²) < 4.78 is 7.55. The zero-order valence-corrected chi connectivity index (χ0v) is 16.2. The number of hydrogen-bond acceptors (Lipinski definition) is 3. The van der Waals surface area contributed by atoms with Crippen molar-refractivity contribution >= 4 is 31.9 Å². The van der Waals surface area contributed by atoms with Crippen molar-refractivity contribution in [3.8, 4) is 5.75 Å². The average Bonchev–Trinajstić information content (AvgIpc) is 2.42. The van der Waals surface area contributed by atoms with Gasteiger partial charge < -0.3 is 15.0 Å². The fraction of sp³-hybridized carbons (Fsp3) is 0.625. The van der Waals surface area contributed by atoms with Crippen LogP contribution in [0.15, 0.2) is 21.1 Å². The molecule has 0 atom stereocenters. The molecule has 0 saturated carbocycles. The highest BCUT2D eigenvalue weighted by Gasteiger charge is 2.28. The van der Waals surface area contributed by atoms with Gasteiger partial charge in [0.05, 0.1) is 11.6 Å². The highest BCUT2D eigenvalue weighted by Crippen LogP contribution is 2.33. The average molecular weight is 420 g/mol. The Balaban J connectivity index is 1.94. The van der Waals surface area contributed by atoms with E-state index in [4.69, 9.17) is 4.74 Å². The zero-order chi connectivity index (χ0) is 15.5. The third kappa shape index (κ3) is 4.68. The molecule has 1 aromatic carbocycles. The molecule has 3 nitrogen and oxygen atoms in total. The van der Waals surface area contributed by atoms with Gasteiger partial charge in [0.15, 0.2) is 0 Å². The molecule has 1 N–H and O–H groups in total. The predicted molar refractivity (Wildman–Crippen MR) is 94.9 cm³/mol. The number of benzene rings is 1. The lowest BCUT2D eigenvalue weighted by atomic mass is 9.80. The van der Waals surface area contributed by atoms with E-state index >= 15 is 0 Å². The molecule has 0 bridgehead atoms. The lowest BCUT2D eigenvalue weighted by Crippen LogP contribution is -2.41. The second-order valence-corrected chi connectivity index (χ2v) is 8.07. The second-order valence-electron chi connectivity index (χ2n) is 6.30. The van der Waals surface area contributed by atoms with Crippen LogP contribution < -0.4 is 10.1 Å². The van der Waals surface area contributed by atoms with Gasteiger partial charge in [-0.1, -0.05) is 22.9 Å². The molecule has 0 aliphatic carbocycles. The Kier molecular flexibility index (Phi) is 6.12. The van der Waals surface area contributed by atoms with Crippen LogP contribution in [0.25, 0.3) is 0 Å². The lowest BCUT2D eigenvalue weighted by molar-refractivity contribution is 0.136. The molecule has 1 aliphatic rings. The van der Waals surface area contributed by atoms with Crippen molar-refractivity contribution in [1.82, 2.24) is 10.2 Å². The van der Waals surface area contributed by atoms with Crippen molar-refractivity contribution in [3.63, 3.8) is 0 Å². The van der Waals surface area contributed by atoms with Gasteiger partial charge in [-0.05, 0) is 66.5 Å². The van der Waals surface area contributed by atoms with Crippen molar-refractivity contribution in [2.75, 3.05) is 33.8 Å². The highest BCUT2D eigenvalue weighted by atomic mass is 79.9. The first-order valence-electron chi connectivity index (χ1n) is 7.35. The normalized spacial score (nSPS) is 18.7. The van der Waals surface area contributed by atoms with E-state index < -0.39 is 0 Å². The lowest BCUT2D eigenvalue weighted by Gasteiger charge is -2.38. The SMILES string of the molecule is COc1c(Br)cc(Br)cc1CNCC1(C)CCN(C)CC1. The number of methoxy groups -OCH3 is 1. The van der Waals surface area contributed by atoms with E-state index in [1.54, 1.807) is 7.11 Å². The number of halogens is 2. The number of ether oxygens (including phenoxy) is 1. The van der Waals surface area contributed by atoms with Crippen LogP contribution >= 0.6 is 31.9 Å². The number of piperidine rings is 1. The maximum Gasteiger partial charge on any atom is 0.137 e. The largest absolute Gasteiger partial charge is 0.495 e. The van der Waals surface area contributed by atoms with Gasteiger partial charge >= 0.3 is 0 Å². The Bertz CT molecular complexity index is 485. The topological polar surface area (TPSA) is 24.5 Å². The summed E-state index contributed by atoms with van der Waals surface area (Å²) in [5.41, 5.74) is 1.58. The van der Waals surface area contributed by atoms with Gasteiger partial charge in [-0.2, -0.15) is 0 Å². The summed E-state index contributed by atoms with van der Waals surface area (Å²) in [7, 11) is 3.92. The third-order valence-electron chi connectivity index (χ3n) is 4.35. The van der Waals surface area contributed by atoms with E-state index in [2.05, 4.69) is 62.1 Å². The molecule has 1 fully saturated rings. The van der Waals surface area contributed by atoms with Crippen molar-refractivity contribution in [3.05, 3.63) is 26.6 Å². The fourth-order valence-electron chi connectivity index (χ4n) is 2.81. The molecule has 1 heterocycles. The first-order valence-corrected chi connectivity index (χ1v) is 8.93. The molecule has 0 spiro atoms. The fourth-order valence-corrected chi connectivity index (χ4v) is 4.28. The van der Waals surface area contributed by atoms with E-state index in [1.165, 1.54) is 31.5 Å². The van der Waals surface area contributed by atoms with E-state index in [-0.39, 0.29) is 0 Å². The van der Waals surface area contributed by atoms with Gasteiger partial charge in [0.2, 0.25) is 0 Å². The Labute approximate surface area is 144 Å². The molecule has 5 heteroatoms. The van der Waals surface area contributed by atoms with Crippen LogP contribution in [0.2, 0.25) is 0 Å². The number of nitrogens with one attached hydrogen (secondary N) is 1. The summed E-state index contributed by atoms with van der Waals surface area (Å²) in [6, 6.07) is 4.13. The summed E-state index contributed by atoms with van der Waals surface area (Å²) in [5, 5.41) is 3.62. The molecule has 21 heavy (non-hydrogen) atoms. The minimum absolute atomic E-state index is 0.406. The molecule has 0 amide bonds. The predicted octanol–water partition coefficient (Wildman–Crippen LogP) is 4.04. The van der Waals surface area contributed by atoms with Crippen molar-refractivity contribution < 1.29 is 4.74 Å². The molecule has 1 aromatic rings. The Morgan fingerprint density at radius 2 is 1.95 bits per heavy atom. The molecule has 1 saturated heterocycles. The van der Waals surface area contributed by atoms with Crippen LogP contribution in [0.5, 0.6) is 5.75 Å².